The molecular weight excluding hydrogens is 574 g/mol. The maximum atomic E-state index is 6.50. The van der Waals surface area contributed by atoms with Crippen molar-refractivity contribution in [1.29, 1.82) is 0 Å². The van der Waals surface area contributed by atoms with Crippen LogP contribution in [0.2, 0.25) is 0 Å². The molecule has 220 valence electrons. The highest BCUT2D eigenvalue weighted by molar-refractivity contribution is 6.18. The first kappa shape index (κ1) is 27.0. The molecule has 4 nitrogen and oxygen atoms in total. The Hall–Kier alpha value is -6.39. The third-order valence-electron chi connectivity index (χ3n) is 8.76. The molecule has 2 aromatic heterocycles. The fourth-order valence-electron chi connectivity index (χ4n) is 6.38. The van der Waals surface area contributed by atoms with Crippen molar-refractivity contribution in [2.45, 2.75) is 0 Å². The topological polar surface area (TPSA) is 51.8 Å². The number of benzene rings is 7. The molecule has 0 fully saturated rings. The van der Waals surface area contributed by atoms with Crippen LogP contribution in [0.25, 0.3) is 89.1 Å². The summed E-state index contributed by atoms with van der Waals surface area (Å²) in [5, 5.41) is 4.22. The average molecular weight is 602 g/mol. The zero-order valence-corrected chi connectivity index (χ0v) is 25.3. The van der Waals surface area contributed by atoms with Crippen molar-refractivity contribution in [3.05, 3.63) is 164 Å². The van der Waals surface area contributed by atoms with Crippen molar-refractivity contribution in [3.8, 4) is 56.4 Å². The van der Waals surface area contributed by atoms with Crippen LogP contribution in [-0.4, -0.2) is 15.0 Å². The maximum Gasteiger partial charge on any atom is 0.164 e. The molecule has 0 spiro atoms. The van der Waals surface area contributed by atoms with E-state index in [9.17, 15) is 0 Å². The third-order valence-corrected chi connectivity index (χ3v) is 8.76. The summed E-state index contributed by atoms with van der Waals surface area (Å²) in [7, 11) is 0. The minimum Gasteiger partial charge on any atom is -0.455 e. The van der Waals surface area contributed by atoms with E-state index in [1.165, 1.54) is 11.1 Å². The largest absolute Gasteiger partial charge is 0.455 e. The molecule has 0 aliphatic rings. The van der Waals surface area contributed by atoms with E-state index in [2.05, 4.69) is 133 Å². The van der Waals surface area contributed by atoms with Crippen LogP contribution in [0.4, 0.5) is 0 Å². The molecule has 7 aromatic carbocycles. The summed E-state index contributed by atoms with van der Waals surface area (Å²) in [5.74, 6) is 1.83. The van der Waals surface area contributed by atoms with Gasteiger partial charge in [0.05, 0.1) is 0 Å². The zero-order valence-electron chi connectivity index (χ0n) is 25.3. The van der Waals surface area contributed by atoms with Gasteiger partial charge in [-0.1, -0.05) is 152 Å². The molecule has 0 amide bonds. The molecule has 47 heavy (non-hydrogen) atoms. The number of furan rings is 1. The number of hydrogen-bond donors (Lipinski definition) is 0. The van der Waals surface area contributed by atoms with E-state index >= 15 is 0 Å². The highest BCUT2D eigenvalue weighted by Gasteiger charge is 2.18. The van der Waals surface area contributed by atoms with Crippen molar-refractivity contribution < 1.29 is 4.42 Å². The molecule has 2 heterocycles. The van der Waals surface area contributed by atoms with Gasteiger partial charge >= 0.3 is 0 Å². The van der Waals surface area contributed by atoms with Crippen LogP contribution in [0.5, 0.6) is 0 Å². The molecule has 0 N–H and O–H groups in total. The Labute approximate surface area is 271 Å². The number of rotatable bonds is 5. The summed E-state index contributed by atoms with van der Waals surface area (Å²) >= 11 is 0. The summed E-state index contributed by atoms with van der Waals surface area (Å²) < 4.78 is 6.50. The summed E-state index contributed by atoms with van der Waals surface area (Å²) in [6.45, 7) is 0. The molecule has 0 saturated heterocycles. The van der Waals surface area contributed by atoms with E-state index in [0.29, 0.717) is 17.5 Å². The number of para-hydroxylation sites is 1. The lowest BCUT2D eigenvalue weighted by molar-refractivity contribution is 0.672. The van der Waals surface area contributed by atoms with Crippen LogP contribution in [-0.2, 0) is 0 Å². The summed E-state index contributed by atoms with van der Waals surface area (Å²) in [5.41, 5.74) is 9.05. The number of fused-ring (bicyclic) bond motifs is 5. The van der Waals surface area contributed by atoms with E-state index in [0.717, 1.165) is 60.5 Å². The number of hydrogen-bond acceptors (Lipinski definition) is 4. The minimum atomic E-state index is 0.600. The SMILES string of the molecule is c1ccc(-c2ccc(-c3nc(-c4ccc(-c5ccccc5)cc4)nc(-c4cccc5ccc6c7ccccc7oc6c45)n3)cc2)cc1. The maximum absolute atomic E-state index is 6.50. The van der Waals surface area contributed by atoms with Gasteiger partial charge in [0.2, 0.25) is 0 Å². The first-order valence-electron chi connectivity index (χ1n) is 15.7. The van der Waals surface area contributed by atoms with Gasteiger partial charge < -0.3 is 4.42 Å². The van der Waals surface area contributed by atoms with Crippen molar-refractivity contribution in [3.63, 3.8) is 0 Å². The smallest absolute Gasteiger partial charge is 0.164 e. The van der Waals surface area contributed by atoms with Crippen LogP contribution in [0.3, 0.4) is 0 Å². The predicted octanol–water partition coefficient (Wildman–Crippen LogP) is 11.3. The first-order valence-corrected chi connectivity index (χ1v) is 15.7. The Morgan fingerprint density at radius 2 is 0.851 bits per heavy atom. The quantitative estimate of drug-likeness (QED) is 0.197. The van der Waals surface area contributed by atoms with E-state index < -0.39 is 0 Å². The molecule has 0 radical (unpaired) electrons. The monoisotopic (exact) mass is 601 g/mol. The van der Waals surface area contributed by atoms with Gasteiger partial charge in [-0.25, -0.2) is 15.0 Å². The van der Waals surface area contributed by atoms with Gasteiger partial charge in [-0.05, 0) is 39.8 Å². The molecular formula is C43H27N3O. The van der Waals surface area contributed by atoms with Crippen LogP contribution in [0.1, 0.15) is 0 Å². The second-order valence-electron chi connectivity index (χ2n) is 11.6. The average Bonchev–Trinajstić information content (AvgIpc) is 3.54. The minimum absolute atomic E-state index is 0.600. The molecule has 0 unspecified atom stereocenters. The standard InChI is InChI=1S/C43H27N3O/c1-3-10-28(11-4-1)30-18-22-33(23-19-30)41-44-42(34-24-20-31(21-25-34)29-12-5-2-6-13-29)46-43(45-41)37-16-9-14-32-26-27-36-35-15-7-8-17-38(35)47-40(36)39(32)37/h1-27H. The second-order valence-corrected chi connectivity index (χ2v) is 11.6. The fourth-order valence-corrected chi connectivity index (χ4v) is 6.38. The first-order chi connectivity index (χ1) is 23.3. The van der Waals surface area contributed by atoms with E-state index in [-0.39, 0.29) is 0 Å². The summed E-state index contributed by atoms with van der Waals surface area (Å²) in [6, 6.07) is 56.3. The predicted molar refractivity (Wildman–Crippen MR) is 192 cm³/mol. The Bertz CT molecular complexity index is 2440. The molecule has 9 aromatic rings. The van der Waals surface area contributed by atoms with E-state index in [1.807, 2.05) is 30.3 Å². The Morgan fingerprint density at radius 3 is 1.47 bits per heavy atom. The van der Waals surface area contributed by atoms with Crippen LogP contribution < -0.4 is 0 Å². The Kier molecular flexibility index (Phi) is 6.43. The highest BCUT2D eigenvalue weighted by atomic mass is 16.3. The van der Waals surface area contributed by atoms with E-state index in [1.54, 1.807) is 0 Å². The number of aromatic nitrogens is 3. The van der Waals surface area contributed by atoms with Crippen molar-refractivity contribution in [2.24, 2.45) is 0 Å². The van der Waals surface area contributed by atoms with Crippen LogP contribution >= 0.6 is 0 Å². The molecule has 4 heteroatoms. The molecule has 9 rings (SSSR count). The van der Waals surface area contributed by atoms with Crippen molar-refractivity contribution in [2.75, 3.05) is 0 Å². The van der Waals surface area contributed by atoms with Gasteiger partial charge in [-0.2, -0.15) is 0 Å². The van der Waals surface area contributed by atoms with Gasteiger partial charge in [-0.15, -0.1) is 0 Å². The van der Waals surface area contributed by atoms with Crippen molar-refractivity contribution in [1.82, 2.24) is 15.0 Å². The molecule has 0 aliphatic heterocycles. The Morgan fingerprint density at radius 1 is 0.340 bits per heavy atom. The molecule has 0 atom stereocenters. The molecule has 0 saturated carbocycles. The molecule has 0 bridgehead atoms. The zero-order chi connectivity index (χ0) is 31.2. The van der Waals surface area contributed by atoms with Gasteiger partial charge in [-0.3, -0.25) is 0 Å². The lowest BCUT2D eigenvalue weighted by Crippen LogP contribution is -2.00. The van der Waals surface area contributed by atoms with Gasteiger partial charge in [0, 0.05) is 32.8 Å². The van der Waals surface area contributed by atoms with E-state index in [4.69, 9.17) is 19.4 Å². The molecule has 0 aliphatic carbocycles. The second kappa shape index (κ2) is 11.2. The van der Waals surface area contributed by atoms with Crippen LogP contribution in [0, 0.1) is 0 Å². The van der Waals surface area contributed by atoms with Gasteiger partial charge in [0.15, 0.2) is 17.5 Å². The number of nitrogens with zero attached hydrogens (tertiary/aromatic N) is 3. The Balaban J connectivity index is 1.24. The fraction of sp³-hybridized carbons (Fsp3) is 0. The highest BCUT2D eigenvalue weighted by Crippen LogP contribution is 2.39. The summed E-state index contributed by atoms with van der Waals surface area (Å²) in [4.78, 5) is 15.3. The summed E-state index contributed by atoms with van der Waals surface area (Å²) in [6.07, 6.45) is 0. The lowest BCUT2D eigenvalue weighted by atomic mass is 10.0. The normalized spacial score (nSPS) is 11.4. The third kappa shape index (κ3) is 4.84. The van der Waals surface area contributed by atoms with Crippen molar-refractivity contribution >= 4 is 32.7 Å². The van der Waals surface area contributed by atoms with Gasteiger partial charge in [0.25, 0.3) is 0 Å². The van der Waals surface area contributed by atoms with Gasteiger partial charge in [0.1, 0.15) is 11.2 Å². The lowest BCUT2D eigenvalue weighted by Gasteiger charge is -2.11. The van der Waals surface area contributed by atoms with Crippen LogP contribution in [0.15, 0.2) is 168 Å².